The van der Waals surface area contributed by atoms with Crippen LogP contribution in [0.1, 0.15) is 6.42 Å². The second-order valence-corrected chi connectivity index (χ2v) is 5.76. The molecule has 9 nitrogen and oxygen atoms in total. The molecule has 1 amide bonds. The van der Waals surface area contributed by atoms with Crippen molar-refractivity contribution in [2.45, 2.75) is 13.0 Å². The van der Waals surface area contributed by atoms with Gasteiger partial charge in [-0.25, -0.2) is 9.78 Å². The molecule has 0 saturated heterocycles. The number of nitrogens with zero attached hydrogens (tertiary/aromatic N) is 5. The number of fused-ring (bicyclic) bond motifs is 1. The fraction of sp³-hybridized carbons (Fsp3) is 0.571. The Balaban J connectivity index is 0.00000288. The number of halogens is 1. The van der Waals surface area contributed by atoms with Gasteiger partial charge in [-0.05, 0) is 27.1 Å². The SMILES string of the molecule is CN(C)CCCNC(=O)Cn1cnc2c1c(=O)n(C)c(=O)n2C.Cl. The van der Waals surface area contributed by atoms with Crippen molar-refractivity contribution >= 4 is 29.5 Å². The molecule has 134 valence electrons. The second kappa shape index (κ2) is 8.11. The Morgan fingerprint density at radius 2 is 1.92 bits per heavy atom. The third-order valence-electron chi connectivity index (χ3n) is 3.64. The molecule has 0 aliphatic carbocycles. The molecule has 0 atom stereocenters. The summed E-state index contributed by atoms with van der Waals surface area (Å²) in [6.45, 7) is 1.45. The van der Waals surface area contributed by atoms with Crippen molar-refractivity contribution in [3.05, 3.63) is 27.2 Å². The normalized spacial score (nSPS) is 10.9. The Hall–Kier alpha value is -2.13. The first-order chi connectivity index (χ1) is 10.8. The highest BCUT2D eigenvalue weighted by Gasteiger charge is 2.15. The molecule has 0 aliphatic heterocycles. The van der Waals surface area contributed by atoms with E-state index >= 15 is 0 Å². The Labute approximate surface area is 145 Å². The third kappa shape index (κ3) is 4.04. The van der Waals surface area contributed by atoms with Gasteiger partial charge in [-0.2, -0.15) is 0 Å². The van der Waals surface area contributed by atoms with Gasteiger partial charge in [-0.15, -0.1) is 12.4 Å². The van der Waals surface area contributed by atoms with Crippen LogP contribution in [0.25, 0.3) is 11.2 Å². The second-order valence-electron chi connectivity index (χ2n) is 5.76. The number of carbonyl (C=O) groups is 1. The van der Waals surface area contributed by atoms with Gasteiger partial charge in [0, 0.05) is 20.6 Å². The molecule has 0 aromatic carbocycles. The maximum absolute atomic E-state index is 12.3. The smallest absolute Gasteiger partial charge is 0.332 e. The van der Waals surface area contributed by atoms with E-state index in [1.54, 1.807) is 7.05 Å². The average Bonchev–Trinajstić information content (AvgIpc) is 2.91. The first-order valence-corrected chi connectivity index (χ1v) is 7.35. The van der Waals surface area contributed by atoms with Crippen LogP contribution in [-0.4, -0.2) is 56.7 Å². The summed E-state index contributed by atoms with van der Waals surface area (Å²) in [6, 6.07) is 0. The van der Waals surface area contributed by atoms with Gasteiger partial charge in [0.1, 0.15) is 6.54 Å². The van der Waals surface area contributed by atoms with Crippen LogP contribution >= 0.6 is 12.4 Å². The maximum atomic E-state index is 12.3. The molecule has 0 fully saturated rings. The number of hydrogen-bond acceptors (Lipinski definition) is 5. The van der Waals surface area contributed by atoms with Gasteiger partial charge in [0.05, 0.1) is 6.33 Å². The minimum Gasteiger partial charge on any atom is -0.355 e. The molecule has 24 heavy (non-hydrogen) atoms. The number of rotatable bonds is 6. The van der Waals surface area contributed by atoms with Gasteiger partial charge < -0.3 is 14.8 Å². The van der Waals surface area contributed by atoms with Crippen molar-refractivity contribution in [1.29, 1.82) is 0 Å². The molecular weight excluding hydrogens is 336 g/mol. The van der Waals surface area contributed by atoms with Crippen LogP contribution in [0.4, 0.5) is 0 Å². The van der Waals surface area contributed by atoms with Crippen LogP contribution in [-0.2, 0) is 25.4 Å². The molecule has 2 rings (SSSR count). The van der Waals surface area contributed by atoms with E-state index in [2.05, 4.69) is 10.3 Å². The number of aromatic nitrogens is 4. The highest BCUT2D eigenvalue weighted by molar-refractivity contribution is 5.85. The molecule has 2 heterocycles. The van der Waals surface area contributed by atoms with Gasteiger partial charge in [0.2, 0.25) is 5.91 Å². The lowest BCUT2D eigenvalue weighted by molar-refractivity contribution is -0.121. The molecule has 2 aromatic heterocycles. The molecule has 2 aromatic rings. The predicted molar refractivity (Wildman–Crippen MR) is 93.6 cm³/mol. The molecule has 0 bridgehead atoms. The Morgan fingerprint density at radius 3 is 2.54 bits per heavy atom. The summed E-state index contributed by atoms with van der Waals surface area (Å²) in [5, 5.41) is 2.81. The largest absolute Gasteiger partial charge is 0.355 e. The van der Waals surface area contributed by atoms with Crippen LogP contribution < -0.4 is 16.6 Å². The molecule has 0 saturated carbocycles. The number of hydrogen-bond donors (Lipinski definition) is 1. The standard InChI is InChI=1S/C14H22N6O3.ClH/c1-17(2)7-5-6-15-10(21)8-20-9-16-12-11(20)13(22)19(4)14(23)18(12)3;/h9H,5-8H2,1-4H3,(H,15,21);1H. The van der Waals surface area contributed by atoms with Crippen LogP contribution in [0.2, 0.25) is 0 Å². The van der Waals surface area contributed by atoms with Crippen LogP contribution in [0.5, 0.6) is 0 Å². The summed E-state index contributed by atoms with van der Waals surface area (Å²) in [7, 11) is 6.89. The number of nitrogens with one attached hydrogen (secondary N) is 1. The third-order valence-corrected chi connectivity index (χ3v) is 3.64. The van der Waals surface area contributed by atoms with E-state index in [1.807, 2.05) is 19.0 Å². The predicted octanol–water partition coefficient (Wildman–Crippen LogP) is -1.08. The topological polar surface area (TPSA) is 94.2 Å². The Kier molecular flexibility index (Phi) is 6.73. The van der Waals surface area contributed by atoms with Crippen molar-refractivity contribution in [1.82, 2.24) is 28.9 Å². The van der Waals surface area contributed by atoms with Gasteiger partial charge in [-0.1, -0.05) is 0 Å². The first-order valence-electron chi connectivity index (χ1n) is 7.35. The zero-order chi connectivity index (χ0) is 17.1. The lowest BCUT2D eigenvalue weighted by atomic mass is 10.4. The van der Waals surface area contributed by atoms with Crippen molar-refractivity contribution < 1.29 is 4.79 Å². The zero-order valence-electron chi connectivity index (χ0n) is 14.3. The molecule has 0 unspecified atom stereocenters. The quantitative estimate of drug-likeness (QED) is 0.663. The number of aryl methyl sites for hydroxylation is 1. The summed E-state index contributed by atoms with van der Waals surface area (Å²) >= 11 is 0. The van der Waals surface area contributed by atoms with Gasteiger partial charge >= 0.3 is 5.69 Å². The lowest BCUT2D eigenvalue weighted by Gasteiger charge is -2.10. The number of amides is 1. The van der Waals surface area contributed by atoms with E-state index in [4.69, 9.17) is 0 Å². The van der Waals surface area contributed by atoms with Crippen molar-refractivity contribution in [3.63, 3.8) is 0 Å². The van der Waals surface area contributed by atoms with Gasteiger partial charge in [0.15, 0.2) is 11.2 Å². The van der Waals surface area contributed by atoms with Crippen molar-refractivity contribution in [3.8, 4) is 0 Å². The zero-order valence-corrected chi connectivity index (χ0v) is 15.1. The monoisotopic (exact) mass is 358 g/mol. The molecular formula is C14H23ClN6O3. The Morgan fingerprint density at radius 1 is 1.25 bits per heavy atom. The summed E-state index contributed by atoms with van der Waals surface area (Å²) in [6.07, 6.45) is 2.25. The molecule has 0 aliphatic rings. The Bertz CT molecular complexity index is 835. The molecule has 1 N–H and O–H groups in total. The summed E-state index contributed by atoms with van der Waals surface area (Å²) in [5.41, 5.74) is -0.376. The number of imidazole rings is 1. The van der Waals surface area contributed by atoms with Crippen LogP contribution in [0.15, 0.2) is 15.9 Å². The van der Waals surface area contributed by atoms with Crippen LogP contribution in [0, 0.1) is 0 Å². The minimum atomic E-state index is -0.457. The van der Waals surface area contributed by atoms with Crippen molar-refractivity contribution in [2.75, 3.05) is 27.2 Å². The summed E-state index contributed by atoms with van der Waals surface area (Å²) in [5.74, 6) is -0.195. The van der Waals surface area contributed by atoms with E-state index < -0.39 is 11.2 Å². The molecule has 0 radical (unpaired) electrons. The van der Waals surface area contributed by atoms with Gasteiger partial charge in [0.25, 0.3) is 5.56 Å². The van der Waals surface area contributed by atoms with Crippen molar-refractivity contribution in [2.24, 2.45) is 14.1 Å². The maximum Gasteiger partial charge on any atom is 0.332 e. The van der Waals surface area contributed by atoms with Crippen LogP contribution in [0.3, 0.4) is 0 Å². The minimum absolute atomic E-state index is 0. The fourth-order valence-corrected chi connectivity index (χ4v) is 2.35. The highest BCUT2D eigenvalue weighted by Crippen LogP contribution is 2.04. The lowest BCUT2D eigenvalue weighted by Crippen LogP contribution is -2.38. The first kappa shape index (κ1) is 19.9. The average molecular weight is 359 g/mol. The van der Waals surface area contributed by atoms with E-state index in [1.165, 1.54) is 22.5 Å². The number of carbonyl (C=O) groups excluding carboxylic acids is 1. The summed E-state index contributed by atoms with van der Waals surface area (Å²) < 4.78 is 3.77. The highest BCUT2D eigenvalue weighted by atomic mass is 35.5. The summed E-state index contributed by atoms with van der Waals surface area (Å²) in [4.78, 5) is 42.2. The van der Waals surface area contributed by atoms with Gasteiger partial charge in [-0.3, -0.25) is 18.7 Å². The van der Waals surface area contributed by atoms with E-state index in [9.17, 15) is 14.4 Å². The fourth-order valence-electron chi connectivity index (χ4n) is 2.35. The van der Waals surface area contributed by atoms with E-state index in [-0.39, 0.29) is 36.0 Å². The van der Waals surface area contributed by atoms with E-state index in [0.717, 1.165) is 17.5 Å². The molecule has 0 spiro atoms. The molecule has 10 heteroatoms. The van der Waals surface area contributed by atoms with E-state index in [0.29, 0.717) is 6.54 Å².